The van der Waals surface area contributed by atoms with E-state index in [1.54, 1.807) is 6.07 Å². The van der Waals surface area contributed by atoms with Crippen LogP contribution in [-0.4, -0.2) is 74.1 Å². The van der Waals surface area contributed by atoms with Gasteiger partial charge in [-0.05, 0) is 31.5 Å². The third-order valence-electron chi connectivity index (χ3n) is 5.36. The Morgan fingerprint density at radius 1 is 0.818 bits per heavy atom. The van der Waals surface area contributed by atoms with Gasteiger partial charge >= 0.3 is 0 Å². The van der Waals surface area contributed by atoms with Crippen molar-refractivity contribution in [2.45, 2.75) is 20.4 Å². The number of ether oxygens (including phenoxy) is 2. The summed E-state index contributed by atoms with van der Waals surface area (Å²) in [5.74, 6) is 1.24. The number of nitrogens with one attached hydrogen (secondary N) is 2. The molecule has 178 valence electrons. The van der Waals surface area contributed by atoms with Crippen LogP contribution in [0.4, 0.5) is 5.69 Å². The molecule has 2 aromatic rings. The van der Waals surface area contributed by atoms with Gasteiger partial charge in [-0.2, -0.15) is 0 Å². The van der Waals surface area contributed by atoms with Crippen molar-refractivity contribution >= 4 is 17.5 Å². The number of amides is 2. The van der Waals surface area contributed by atoms with E-state index in [0.717, 1.165) is 31.7 Å². The first-order valence-corrected chi connectivity index (χ1v) is 11.5. The number of nitrogens with zero attached hydrogens (tertiary/aromatic N) is 2. The quantitative estimate of drug-likeness (QED) is 0.542. The molecule has 1 fully saturated rings. The van der Waals surface area contributed by atoms with Crippen LogP contribution in [-0.2, 0) is 16.1 Å². The van der Waals surface area contributed by atoms with Crippen molar-refractivity contribution in [2.75, 3.05) is 57.8 Å². The van der Waals surface area contributed by atoms with Crippen molar-refractivity contribution in [1.82, 2.24) is 15.1 Å². The first kappa shape index (κ1) is 24.5. The smallest absolute Gasteiger partial charge is 0.238 e. The fourth-order valence-corrected chi connectivity index (χ4v) is 3.69. The Labute approximate surface area is 195 Å². The molecule has 1 heterocycles. The molecular formula is C25H34N4O4. The van der Waals surface area contributed by atoms with Gasteiger partial charge in [-0.15, -0.1) is 0 Å². The van der Waals surface area contributed by atoms with E-state index in [2.05, 4.69) is 20.4 Å². The highest BCUT2D eigenvalue weighted by atomic mass is 16.5. The van der Waals surface area contributed by atoms with Gasteiger partial charge in [0.15, 0.2) is 11.5 Å². The zero-order valence-electron chi connectivity index (χ0n) is 19.5. The molecule has 0 radical (unpaired) electrons. The molecule has 2 N–H and O–H groups in total. The third-order valence-corrected chi connectivity index (χ3v) is 5.36. The lowest BCUT2D eigenvalue weighted by molar-refractivity contribution is -0.123. The Bertz CT molecular complexity index is 899. The van der Waals surface area contributed by atoms with E-state index in [-0.39, 0.29) is 11.8 Å². The van der Waals surface area contributed by atoms with Crippen molar-refractivity contribution in [2.24, 2.45) is 0 Å². The molecule has 33 heavy (non-hydrogen) atoms. The minimum absolute atomic E-state index is 0.0191. The number of hydrogen-bond donors (Lipinski definition) is 2. The van der Waals surface area contributed by atoms with Gasteiger partial charge in [-0.1, -0.05) is 30.3 Å². The lowest BCUT2D eigenvalue weighted by Crippen LogP contribution is -2.50. The summed E-state index contributed by atoms with van der Waals surface area (Å²) in [5, 5.41) is 5.90. The average Bonchev–Trinajstić information content (AvgIpc) is 2.82. The number of anilines is 1. The number of piperazine rings is 1. The summed E-state index contributed by atoms with van der Waals surface area (Å²) in [6.07, 6.45) is 0. The Balaban J connectivity index is 1.39. The number of hydrogen-bond acceptors (Lipinski definition) is 6. The molecule has 1 aliphatic heterocycles. The summed E-state index contributed by atoms with van der Waals surface area (Å²) < 4.78 is 11.2. The van der Waals surface area contributed by atoms with Crippen LogP contribution in [0.5, 0.6) is 11.5 Å². The van der Waals surface area contributed by atoms with Crippen LogP contribution in [0.25, 0.3) is 0 Å². The van der Waals surface area contributed by atoms with Crippen LogP contribution >= 0.6 is 0 Å². The van der Waals surface area contributed by atoms with Crippen LogP contribution in [0.3, 0.4) is 0 Å². The number of carbonyl (C=O) groups excluding carboxylic acids is 2. The Morgan fingerprint density at radius 2 is 1.42 bits per heavy atom. The van der Waals surface area contributed by atoms with Gasteiger partial charge in [0.25, 0.3) is 0 Å². The van der Waals surface area contributed by atoms with Crippen LogP contribution in [0.1, 0.15) is 19.4 Å². The predicted octanol–water partition coefficient (Wildman–Crippen LogP) is 2.36. The fraction of sp³-hybridized carbons (Fsp3) is 0.440. The van der Waals surface area contributed by atoms with Crippen molar-refractivity contribution < 1.29 is 19.1 Å². The van der Waals surface area contributed by atoms with Crippen molar-refractivity contribution in [3.05, 3.63) is 54.1 Å². The van der Waals surface area contributed by atoms with Gasteiger partial charge in [0.2, 0.25) is 11.8 Å². The first-order valence-electron chi connectivity index (χ1n) is 11.5. The summed E-state index contributed by atoms with van der Waals surface area (Å²) >= 11 is 0. The summed E-state index contributed by atoms with van der Waals surface area (Å²) in [7, 11) is 0. The van der Waals surface area contributed by atoms with Crippen LogP contribution < -0.4 is 20.1 Å². The highest BCUT2D eigenvalue weighted by Gasteiger charge is 2.21. The van der Waals surface area contributed by atoms with E-state index in [1.807, 2.05) is 56.3 Å². The molecule has 0 bridgehead atoms. The zero-order valence-corrected chi connectivity index (χ0v) is 19.5. The van der Waals surface area contributed by atoms with Gasteiger partial charge in [-0.3, -0.25) is 19.4 Å². The topological polar surface area (TPSA) is 83.1 Å². The van der Waals surface area contributed by atoms with Crippen molar-refractivity contribution in [1.29, 1.82) is 0 Å². The number of rotatable bonds is 11. The fourth-order valence-electron chi connectivity index (χ4n) is 3.69. The van der Waals surface area contributed by atoms with E-state index in [1.165, 1.54) is 0 Å². The minimum atomic E-state index is -0.0735. The molecule has 8 nitrogen and oxygen atoms in total. The summed E-state index contributed by atoms with van der Waals surface area (Å²) in [5.41, 5.74) is 1.77. The molecule has 2 aromatic carbocycles. The van der Waals surface area contributed by atoms with E-state index < -0.39 is 0 Å². The summed E-state index contributed by atoms with van der Waals surface area (Å²) in [4.78, 5) is 29.0. The van der Waals surface area contributed by atoms with Gasteiger partial charge in [-0.25, -0.2) is 0 Å². The second-order valence-electron chi connectivity index (χ2n) is 7.89. The largest absolute Gasteiger partial charge is 0.490 e. The maximum Gasteiger partial charge on any atom is 0.238 e. The van der Waals surface area contributed by atoms with Gasteiger partial charge in [0.05, 0.1) is 26.3 Å². The molecule has 0 atom stereocenters. The van der Waals surface area contributed by atoms with E-state index in [0.29, 0.717) is 50.0 Å². The number of benzene rings is 2. The van der Waals surface area contributed by atoms with Gasteiger partial charge < -0.3 is 20.1 Å². The Morgan fingerprint density at radius 3 is 2.06 bits per heavy atom. The average molecular weight is 455 g/mol. The number of carbonyl (C=O) groups is 2. The molecule has 0 aromatic heterocycles. The molecule has 8 heteroatoms. The first-order chi connectivity index (χ1) is 16.1. The molecular weight excluding hydrogens is 420 g/mol. The lowest BCUT2D eigenvalue weighted by atomic mass is 10.2. The van der Waals surface area contributed by atoms with E-state index >= 15 is 0 Å². The van der Waals surface area contributed by atoms with Crippen LogP contribution in [0.2, 0.25) is 0 Å². The Kier molecular flexibility index (Phi) is 9.53. The SMILES string of the molecule is CCOc1ccc(NC(=O)CN2CCN(CC(=O)NCc3ccccc3)CC2)cc1OCC. The summed E-state index contributed by atoms with van der Waals surface area (Å²) in [6.45, 7) is 9.11. The van der Waals surface area contributed by atoms with Crippen molar-refractivity contribution in [3.63, 3.8) is 0 Å². The highest BCUT2D eigenvalue weighted by Crippen LogP contribution is 2.30. The standard InChI is InChI=1S/C25H34N4O4/c1-3-32-22-11-10-21(16-23(22)33-4-2)27-25(31)19-29-14-12-28(13-15-29)18-24(30)26-17-20-8-6-5-7-9-20/h5-11,16H,3-4,12-15,17-19H2,1-2H3,(H,26,30)(H,27,31). The van der Waals surface area contributed by atoms with Gasteiger partial charge in [0, 0.05) is 44.5 Å². The maximum atomic E-state index is 12.5. The molecule has 3 rings (SSSR count). The zero-order chi connectivity index (χ0) is 23.5. The molecule has 0 aliphatic carbocycles. The summed E-state index contributed by atoms with van der Waals surface area (Å²) in [6, 6.07) is 15.3. The second-order valence-corrected chi connectivity index (χ2v) is 7.89. The monoisotopic (exact) mass is 454 g/mol. The normalized spacial score (nSPS) is 14.5. The minimum Gasteiger partial charge on any atom is -0.490 e. The second kappa shape index (κ2) is 12.8. The van der Waals surface area contributed by atoms with Crippen LogP contribution in [0, 0.1) is 0 Å². The molecule has 2 amide bonds. The third kappa shape index (κ3) is 8.07. The maximum absolute atomic E-state index is 12.5. The lowest BCUT2D eigenvalue weighted by Gasteiger charge is -2.33. The molecule has 1 saturated heterocycles. The molecule has 0 unspecified atom stereocenters. The molecule has 0 spiro atoms. The van der Waals surface area contributed by atoms with Crippen LogP contribution in [0.15, 0.2) is 48.5 Å². The van der Waals surface area contributed by atoms with E-state index in [9.17, 15) is 9.59 Å². The predicted molar refractivity (Wildman–Crippen MR) is 129 cm³/mol. The van der Waals surface area contributed by atoms with Crippen molar-refractivity contribution in [3.8, 4) is 11.5 Å². The highest BCUT2D eigenvalue weighted by molar-refractivity contribution is 5.92. The molecule has 1 aliphatic rings. The van der Waals surface area contributed by atoms with E-state index in [4.69, 9.17) is 9.47 Å². The molecule has 0 saturated carbocycles. The van der Waals surface area contributed by atoms with Gasteiger partial charge in [0.1, 0.15) is 0 Å². The Hall–Kier alpha value is -3.10.